The van der Waals surface area contributed by atoms with Crippen molar-refractivity contribution in [3.8, 4) is 0 Å². The van der Waals surface area contributed by atoms with E-state index in [1.807, 2.05) is 0 Å². The number of hydrogen-bond acceptors (Lipinski definition) is 2. The molecule has 0 bridgehead atoms. The summed E-state index contributed by atoms with van der Waals surface area (Å²) >= 11 is 0. The van der Waals surface area contributed by atoms with E-state index >= 15 is 0 Å². The third-order valence-corrected chi connectivity index (χ3v) is 4.56. The van der Waals surface area contributed by atoms with Gasteiger partial charge < -0.3 is 9.30 Å². The van der Waals surface area contributed by atoms with E-state index in [1.54, 1.807) is 0 Å². The van der Waals surface area contributed by atoms with E-state index in [9.17, 15) is 0 Å². The van der Waals surface area contributed by atoms with Gasteiger partial charge in [-0.15, -0.1) is 0 Å². The first kappa shape index (κ1) is 10.6. The van der Waals surface area contributed by atoms with Crippen molar-refractivity contribution in [3.63, 3.8) is 0 Å². The van der Waals surface area contributed by atoms with Crippen molar-refractivity contribution in [2.75, 3.05) is 13.2 Å². The van der Waals surface area contributed by atoms with Crippen LogP contribution in [0.15, 0.2) is 24.3 Å². The highest BCUT2D eigenvalue weighted by Gasteiger charge is 2.39. The number of benzene rings is 1. The van der Waals surface area contributed by atoms with Crippen LogP contribution in [-0.2, 0) is 18.2 Å². The topological polar surface area (TPSA) is 17.4 Å². The Morgan fingerprint density at radius 3 is 3.00 bits per heavy atom. The lowest BCUT2D eigenvalue weighted by Crippen LogP contribution is -2.36. The minimum Gasteiger partial charge on any atom is -0.361 e. The molecule has 3 nitrogen and oxygen atoms in total. The summed E-state index contributed by atoms with van der Waals surface area (Å²) in [6.45, 7) is 4.11. The van der Waals surface area contributed by atoms with Crippen LogP contribution in [0.4, 0.5) is 0 Å². The molecule has 0 aliphatic carbocycles. The van der Waals surface area contributed by atoms with Crippen LogP contribution < -0.4 is 0 Å². The predicted octanol–water partition coefficient (Wildman–Crippen LogP) is 2.45. The Bertz CT molecular complexity index is 616. The summed E-state index contributed by atoms with van der Waals surface area (Å²) in [6.07, 6.45) is 1.40. The molecule has 1 fully saturated rings. The zero-order valence-electron chi connectivity index (χ0n) is 10.9. The Morgan fingerprint density at radius 2 is 2.11 bits per heavy atom. The van der Waals surface area contributed by atoms with Crippen LogP contribution in [0.5, 0.6) is 0 Å². The highest BCUT2D eigenvalue weighted by molar-refractivity contribution is 5.86. The fourth-order valence-corrected chi connectivity index (χ4v) is 3.67. The lowest BCUT2D eigenvalue weighted by atomic mass is 9.98. The SMILES string of the molecule is CC1OCC2c3c(c4ccccc4n3C)CCN12. The van der Waals surface area contributed by atoms with Crippen LogP contribution in [0.3, 0.4) is 0 Å². The third kappa shape index (κ3) is 1.21. The van der Waals surface area contributed by atoms with Crippen molar-refractivity contribution in [1.29, 1.82) is 0 Å². The average Bonchev–Trinajstić information content (AvgIpc) is 2.91. The second-order valence-electron chi connectivity index (χ2n) is 5.38. The van der Waals surface area contributed by atoms with Gasteiger partial charge in [-0.2, -0.15) is 0 Å². The zero-order valence-corrected chi connectivity index (χ0v) is 10.9. The number of para-hydroxylation sites is 1. The first-order valence-electron chi connectivity index (χ1n) is 6.71. The second kappa shape index (κ2) is 3.59. The van der Waals surface area contributed by atoms with Gasteiger partial charge >= 0.3 is 0 Å². The molecule has 2 unspecified atom stereocenters. The molecule has 0 radical (unpaired) electrons. The van der Waals surface area contributed by atoms with Gasteiger partial charge in [-0.1, -0.05) is 18.2 Å². The lowest BCUT2D eigenvalue weighted by Gasteiger charge is -2.31. The summed E-state index contributed by atoms with van der Waals surface area (Å²) in [5, 5.41) is 1.43. The maximum Gasteiger partial charge on any atom is 0.108 e. The van der Waals surface area contributed by atoms with Crippen molar-refractivity contribution in [3.05, 3.63) is 35.5 Å². The summed E-state index contributed by atoms with van der Waals surface area (Å²) in [6, 6.07) is 9.18. The molecule has 1 aromatic carbocycles. The molecule has 2 atom stereocenters. The quantitative estimate of drug-likeness (QED) is 0.706. The highest BCUT2D eigenvalue weighted by Crippen LogP contribution is 2.40. The third-order valence-electron chi connectivity index (χ3n) is 4.56. The molecule has 3 heteroatoms. The summed E-state index contributed by atoms with van der Waals surface area (Å²) < 4.78 is 8.18. The summed E-state index contributed by atoms with van der Waals surface area (Å²) in [5.74, 6) is 0. The Hall–Kier alpha value is -1.32. The van der Waals surface area contributed by atoms with E-state index in [1.165, 1.54) is 22.2 Å². The largest absolute Gasteiger partial charge is 0.361 e. The normalized spacial score (nSPS) is 27.4. The predicted molar refractivity (Wildman–Crippen MR) is 71.5 cm³/mol. The van der Waals surface area contributed by atoms with Crippen LogP contribution in [0.1, 0.15) is 24.2 Å². The first-order chi connectivity index (χ1) is 8.77. The number of hydrogen-bond donors (Lipinski definition) is 0. The Morgan fingerprint density at radius 1 is 1.28 bits per heavy atom. The highest BCUT2D eigenvalue weighted by atomic mass is 16.5. The van der Waals surface area contributed by atoms with E-state index in [0.29, 0.717) is 6.04 Å². The smallest absolute Gasteiger partial charge is 0.108 e. The standard InChI is InChI=1S/C15H18N2O/c1-10-17-8-7-12-11-5-3-4-6-13(11)16(2)15(12)14(17)9-18-10/h3-6,10,14H,7-9H2,1-2H3. The molecule has 0 saturated carbocycles. The average molecular weight is 242 g/mol. The fraction of sp³-hybridized carbons (Fsp3) is 0.467. The van der Waals surface area contributed by atoms with Crippen LogP contribution in [0.25, 0.3) is 10.9 Å². The molecule has 0 spiro atoms. The van der Waals surface area contributed by atoms with Crippen LogP contribution in [0.2, 0.25) is 0 Å². The Kier molecular flexibility index (Phi) is 2.11. The Labute approximate surface area is 107 Å². The van der Waals surface area contributed by atoms with E-state index in [-0.39, 0.29) is 6.23 Å². The number of fused-ring (bicyclic) bond motifs is 5. The molecule has 18 heavy (non-hydrogen) atoms. The number of rotatable bonds is 0. The van der Waals surface area contributed by atoms with E-state index < -0.39 is 0 Å². The van der Waals surface area contributed by atoms with Gasteiger partial charge in [0.1, 0.15) is 6.23 Å². The monoisotopic (exact) mass is 242 g/mol. The van der Waals surface area contributed by atoms with Crippen LogP contribution in [-0.4, -0.2) is 28.8 Å². The van der Waals surface area contributed by atoms with Crippen molar-refractivity contribution >= 4 is 10.9 Å². The van der Waals surface area contributed by atoms with E-state index in [2.05, 4.69) is 47.7 Å². The van der Waals surface area contributed by atoms with Crippen molar-refractivity contribution in [1.82, 2.24) is 9.47 Å². The number of aryl methyl sites for hydroxylation is 1. The molecule has 1 aromatic heterocycles. The minimum atomic E-state index is 0.265. The molecular formula is C15H18N2O. The first-order valence-corrected chi connectivity index (χ1v) is 6.71. The van der Waals surface area contributed by atoms with Crippen molar-refractivity contribution < 1.29 is 4.74 Å². The lowest BCUT2D eigenvalue weighted by molar-refractivity contribution is 0.0449. The molecular weight excluding hydrogens is 224 g/mol. The zero-order chi connectivity index (χ0) is 12.3. The fourth-order valence-electron chi connectivity index (χ4n) is 3.67. The van der Waals surface area contributed by atoms with Gasteiger partial charge in [0.25, 0.3) is 0 Å². The minimum absolute atomic E-state index is 0.265. The van der Waals surface area contributed by atoms with Gasteiger partial charge in [-0.05, 0) is 25.0 Å². The van der Waals surface area contributed by atoms with Gasteiger partial charge in [-0.25, -0.2) is 0 Å². The maximum atomic E-state index is 5.82. The van der Waals surface area contributed by atoms with E-state index in [0.717, 1.165) is 19.6 Å². The van der Waals surface area contributed by atoms with Gasteiger partial charge in [0, 0.05) is 30.2 Å². The molecule has 2 aliphatic heterocycles. The Balaban J connectivity index is 1.98. The maximum absolute atomic E-state index is 5.82. The van der Waals surface area contributed by atoms with Crippen LogP contribution >= 0.6 is 0 Å². The summed E-state index contributed by atoms with van der Waals surface area (Å²) in [4.78, 5) is 2.49. The second-order valence-corrected chi connectivity index (χ2v) is 5.38. The summed E-state index contributed by atoms with van der Waals surface area (Å²) in [5.41, 5.74) is 4.35. The van der Waals surface area contributed by atoms with Gasteiger partial charge in [0.05, 0.1) is 12.6 Å². The molecule has 3 heterocycles. The molecule has 94 valence electrons. The van der Waals surface area contributed by atoms with E-state index in [4.69, 9.17) is 4.74 Å². The molecule has 4 rings (SSSR count). The van der Waals surface area contributed by atoms with Gasteiger partial charge in [0.15, 0.2) is 0 Å². The van der Waals surface area contributed by atoms with Crippen molar-refractivity contribution in [2.45, 2.75) is 25.6 Å². The van der Waals surface area contributed by atoms with Crippen LogP contribution in [0, 0.1) is 0 Å². The number of nitrogens with zero attached hydrogens (tertiary/aromatic N) is 2. The number of aromatic nitrogens is 1. The van der Waals surface area contributed by atoms with Crippen molar-refractivity contribution in [2.24, 2.45) is 7.05 Å². The number of ether oxygens (including phenoxy) is 1. The molecule has 0 amide bonds. The molecule has 0 N–H and O–H groups in total. The van der Waals surface area contributed by atoms with Gasteiger partial charge in [-0.3, -0.25) is 4.90 Å². The molecule has 1 saturated heterocycles. The summed E-state index contributed by atoms with van der Waals surface area (Å²) in [7, 11) is 2.19. The molecule has 2 aromatic rings. The molecule has 2 aliphatic rings. The van der Waals surface area contributed by atoms with Gasteiger partial charge in [0.2, 0.25) is 0 Å².